The maximum Gasteiger partial charge on any atom is 0.0789 e. The van der Waals surface area contributed by atoms with Crippen LogP contribution >= 0.6 is 0 Å². The van der Waals surface area contributed by atoms with Crippen molar-refractivity contribution < 1.29 is 4.74 Å². The molecule has 0 saturated carbocycles. The van der Waals surface area contributed by atoms with Crippen molar-refractivity contribution in [2.24, 2.45) is 11.7 Å². The van der Waals surface area contributed by atoms with E-state index in [1.807, 2.05) is 0 Å². The number of nitrogens with zero attached hydrogens (tertiary/aromatic N) is 1. The van der Waals surface area contributed by atoms with Crippen LogP contribution in [0.25, 0.3) is 0 Å². The molecule has 2 heterocycles. The monoisotopic (exact) mass is 254 g/mol. The summed E-state index contributed by atoms with van der Waals surface area (Å²) in [6.07, 6.45) is 3.68. The molecule has 18 heavy (non-hydrogen) atoms. The Morgan fingerprint density at radius 1 is 1.22 bits per heavy atom. The van der Waals surface area contributed by atoms with Gasteiger partial charge in [0.05, 0.1) is 11.2 Å². The fraction of sp³-hybridized carbons (Fsp3) is 1.00. The van der Waals surface area contributed by atoms with Gasteiger partial charge in [-0.25, -0.2) is 0 Å². The van der Waals surface area contributed by atoms with Crippen LogP contribution in [0.15, 0.2) is 0 Å². The molecule has 0 bridgehead atoms. The minimum absolute atomic E-state index is 0.00352. The van der Waals surface area contributed by atoms with E-state index in [-0.39, 0.29) is 11.2 Å². The minimum Gasteiger partial charge on any atom is -0.368 e. The summed E-state index contributed by atoms with van der Waals surface area (Å²) in [6.45, 7) is 13.2. The van der Waals surface area contributed by atoms with Crippen LogP contribution in [0.2, 0.25) is 0 Å². The van der Waals surface area contributed by atoms with Crippen LogP contribution in [-0.2, 0) is 4.74 Å². The quantitative estimate of drug-likeness (QED) is 0.822. The number of likely N-dealkylation sites (tertiary alicyclic amines) is 1. The van der Waals surface area contributed by atoms with Crippen molar-refractivity contribution in [1.29, 1.82) is 0 Å². The van der Waals surface area contributed by atoms with Crippen LogP contribution in [0.3, 0.4) is 0 Å². The maximum atomic E-state index is 6.25. The largest absolute Gasteiger partial charge is 0.368 e. The van der Waals surface area contributed by atoms with E-state index >= 15 is 0 Å². The topological polar surface area (TPSA) is 38.5 Å². The molecule has 3 atom stereocenters. The molecule has 2 saturated heterocycles. The third-order valence-corrected chi connectivity index (χ3v) is 4.79. The second-order valence-electron chi connectivity index (χ2n) is 7.41. The summed E-state index contributed by atoms with van der Waals surface area (Å²) in [5.41, 5.74) is 5.83. The first-order valence-corrected chi connectivity index (χ1v) is 7.41. The Morgan fingerprint density at radius 3 is 2.39 bits per heavy atom. The molecule has 2 N–H and O–H groups in total. The number of hydrogen-bond donors (Lipinski definition) is 1. The highest BCUT2D eigenvalue weighted by Crippen LogP contribution is 2.42. The van der Waals surface area contributed by atoms with E-state index in [0.29, 0.717) is 18.0 Å². The Labute approximate surface area is 112 Å². The zero-order valence-electron chi connectivity index (χ0n) is 12.7. The van der Waals surface area contributed by atoms with E-state index in [0.717, 1.165) is 19.5 Å². The van der Waals surface area contributed by atoms with Crippen molar-refractivity contribution >= 4 is 0 Å². The molecule has 0 aromatic heterocycles. The van der Waals surface area contributed by atoms with Crippen molar-refractivity contribution in [2.75, 3.05) is 13.1 Å². The molecule has 0 amide bonds. The van der Waals surface area contributed by atoms with Gasteiger partial charge in [0.2, 0.25) is 0 Å². The molecular formula is C15H30N2O. The predicted octanol–water partition coefficient (Wildman–Crippen LogP) is 2.39. The molecule has 0 radical (unpaired) electrons. The summed E-state index contributed by atoms with van der Waals surface area (Å²) in [7, 11) is 0. The molecule has 0 aromatic carbocycles. The Kier molecular flexibility index (Phi) is 3.79. The van der Waals surface area contributed by atoms with Gasteiger partial charge in [-0.2, -0.15) is 0 Å². The second kappa shape index (κ2) is 4.77. The normalized spacial score (nSPS) is 40.0. The van der Waals surface area contributed by atoms with E-state index < -0.39 is 0 Å². The highest BCUT2D eigenvalue weighted by Gasteiger charge is 2.49. The molecule has 2 rings (SSSR count). The van der Waals surface area contributed by atoms with Crippen LogP contribution in [0.4, 0.5) is 0 Å². The average Bonchev–Trinajstić information content (AvgIpc) is 2.47. The Balaban J connectivity index is 2.14. The van der Waals surface area contributed by atoms with Crippen molar-refractivity contribution in [3.63, 3.8) is 0 Å². The fourth-order valence-electron chi connectivity index (χ4n) is 3.89. The lowest BCUT2D eigenvalue weighted by Gasteiger charge is -2.45. The minimum atomic E-state index is -0.0474. The van der Waals surface area contributed by atoms with E-state index in [2.05, 4.69) is 39.5 Å². The lowest BCUT2D eigenvalue weighted by Crippen LogP contribution is -2.54. The zero-order valence-corrected chi connectivity index (χ0v) is 12.7. The van der Waals surface area contributed by atoms with E-state index in [1.54, 1.807) is 0 Å². The molecule has 106 valence electrons. The number of hydrogen-bond acceptors (Lipinski definition) is 3. The molecule has 0 aliphatic carbocycles. The van der Waals surface area contributed by atoms with Gasteiger partial charge >= 0.3 is 0 Å². The summed E-state index contributed by atoms with van der Waals surface area (Å²) >= 11 is 0. The molecule has 3 heteroatoms. The summed E-state index contributed by atoms with van der Waals surface area (Å²) in [5.74, 6) is 0.667. The third-order valence-electron chi connectivity index (χ3n) is 4.79. The summed E-state index contributed by atoms with van der Waals surface area (Å²) in [5, 5.41) is 0. The lowest BCUT2D eigenvalue weighted by molar-refractivity contribution is -0.0879. The number of ether oxygens (including phenoxy) is 1. The highest BCUT2D eigenvalue weighted by molar-refractivity contribution is 5.02. The van der Waals surface area contributed by atoms with Gasteiger partial charge in [-0.1, -0.05) is 0 Å². The van der Waals surface area contributed by atoms with Crippen LogP contribution in [0.1, 0.15) is 53.9 Å². The number of rotatable bonds is 2. The molecule has 2 aliphatic heterocycles. The van der Waals surface area contributed by atoms with Gasteiger partial charge in [0.25, 0.3) is 0 Å². The first-order chi connectivity index (χ1) is 8.25. The molecule has 2 aliphatic rings. The summed E-state index contributed by atoms with van der Waals surface area (Å²) in [6, 6.07) is 1.19. The van der Waals surface area contributed by atoms with Crippen LogP contribution < -0.4 is 5.73 Å². The van der Waals surface area contributed by atoms with Crippen molar-refractivity contribution in [1.82, 2.24) is 4.90 Å². The maximum absolute atomic E-state index is 6.25. The van der Waals surface area contributed by atoms with Crippen LogP contribution in [0.5, 0.6) is 0 Å². The second-order valence-corrected chi connectivity index (χ2v) is 7.41. The molecular weight excluding hydrogens is 224 g/mol. The zero-order chi connectivity index (χ0) is 13.6. The SMILES string of the molecule is CC1CCC(CN)CN1C1CC(C)(C)OC1(C)C. The Bertz CT molecular complexity index is 301. The summed E-state index contributed by atoms with van der Waals surface area (Å²) in [4.78, 5) is 2.66. The first kappa shape index (κ1) is 14.3. The van der Waals surface area contributed by atoms with Crippen molar-refractivity contribution in [3.05, 3.63) is 0 Å². The van der Waals surface area contributed by atoms with E-state index in [9.17, 15) is 0 Å². The molecule has 0 spiro atoms. The Hall–Kier alpha value is -0.120. The van der Waals surface area contributed by atoms with Gasteiger partial charge in [-0.05, 0) is 66.3 Å². The fourth-order valence-corrected chi connectivity index (χ4v) is 3.89. The number of piperidine rings is 1. The Morgan fingerprint density at radius 2 is 1.89 bits per heavy atom. The van der Waals surface area contributed by atoms with Gasteiger partial charge < -0.3 is 10.5 Å². The third kappa shape index (κ3) is 2.73. The highest BCUT2D eigenvalue weighted by atomic mass is 16.5. The lowest BCUT2D eigenvalue weighted by atomic mass is 9.86. The van der Waals surface area contributed by atoms with Gasteiger partial charge in [0.1, 0.15) is 0 Å². The molecule has 0 aromatic rings. The van der Waals surface area contributed by atoms with Crippen molar-refractivity contribution in [2.45, 2.75) is 77.2 Å². The van der Waals surface area contributed by atoms with E-state index in [4.69, 9.17) is 10.5 Å². The number of nitrogens with two attached hydrogens (primary N) is 1. The van der Waals surface area contributed by atoms with Gasteiger partial charge in [-0.3, -0.25) is 4.90 Å². The smallest absolute Gasteiger partial charge is 0.0789 e. The predicted molar refractivity (Wildman–Crippen MR) is 75.6 cm³/mol. The van der Waals surface area contributed by atoms with Gasteiger partial charge in [0, 0.05) is 18.6 Å². The van der Waals surface area contributed by atoms with Gasteiger partial charge in [0.15, 0.2) is 0 Å². The van der Waals surface area contributed by atoms with Crippen LogP contribution in [-0.4, -0.2) is 41.3 Å². The van der Waals surface area contributed by atoms with Crippen LogP contribution in [0, 0.1) is 5.92 Å². The molecule has 3 nitrogen and oxygen atoms in total. The van der Waals surface area contributed by atoms with Crippen molar-refractivity contribution in [3.8, 4) is 0 Å². The standard InChI is InChI=1S/C15H30N2O/c1-11-6-7-12(9-16)10-17(11)13-8-14(2,3)18-15(13,4)5/h11-13H,6-10,16H2,1-5H3. The van der Waals surface area contributed by atoms with E-state index in [1.165, 1.54) is 12.8 Å². The average molecular weight is 254 g/mol. The van der Waals surface area contributed by atoms with Gasteiger partial charge in [-0.15, -0.1) is 0 Å². The first-order valence-electron chi connectivity index (χ1n) is 7.41. The summed E-state index contributed by atoms with van der Waals surface area (Å²) < 4.78 is 6.25. The molecule has 3 unspecified atom stereocenters. The molecule has 2 fully saturated rings.